The average molecular weight is 586 g/mol. The van der Waals surface area contributed by atoms with E-state index in [1.54, 1.807) is 34.1 Å². The topological polar surface area (TPSA) is 86.8 Å². The Balaban J connectivity index is 1.24. The van der Waals surface area contributed by atoms with Gasteiger partial charge in [0.15, 0.2) is 0 Å². The van der Waals surface area contributed by atoms with Crippen LogP contribution >= 0.6 is 11.6 Å². The molecule has 0 unspecified atom stereocenters. The van der Waals surface area contributed by atoms with Crippen LogP contribution in [-0.2, 0) is 36.0 Å². The molecule has 6 rings (SSSR count). The number of hydrogen-bond donors (Lipinski definition) is 1. The van der Waals surface area contributed by atoms with E-state index in [-0.39, 0.29) is 38.5 Å². The molecule has 7 nitrogen and oxygen atoms in total. The van der Waals surface area contributed by atoms with Crippen LogP contribution in [0, 0.1) is 0 Å². The summed E-state index contributed by atoms with van der Waals surface area (Å²) in [6.45, 7) is 1.98. The van der Waals surface area contributed by atoms with E-state index in [0.717, 1.165) is 24.0 Å². The zero-order valence-electron chi connectivity index (χ0n) is 22.2. The zero-order valence-corrected chi connectivity index (χ0v) is 23.8. The second kappa shape index (κ2) is 11.0. The largest absolute Gasteiger partial charge is 0.334 e. The van der Waals surface area contributed by atoms with Gasteiger partial charge in [-0.1, -0.05) is 72.3 Å². The molecular weight excluding hydrogens is 558 g/mol. The first-order chi connectivity index (χ1) is 19.8. The summed E-state index contributed by atoms with van der Waals surface area (Å²) < 4.78 is 29.8. The number of nitrogens with zero attached hydrogens (tertiary/aromatic N) is 2. The van der Waals surface area contributed by atoms with Gasteiger partial charge in [0, 0.05) is 31.7 Å². The van der Waals surface area contributed by atoms with Gasteiger partial charge in [0.05, 0.1) is 16.3 Å². The molecule has 2 aliphatic rings. The van der Waals surface area contributed by atoms with Crippen LogP contribution in [-0.4, -0.2) is 43.1 Å². The molecule has 1 N–H and O–H groups in total. The van der Waals surface area contributed by atoms with Crippen molar-refractivity contribution in [2.45, 2.75) is 30.8 Å². The molecule has 4 aromatic rings. The van der Waals surface area contributed by atoms with Gasteiger partial charge in [-0.05, 0) is 65.4 Å². The molecule has 9 heteroatoms. The van der Waals surface area contributed by atoms with E-state index in [1.165, 1.54) is 29.3 Å². The molecule has 0 spiro atoms. The van der Waals surface area contributed by atoms with Crippen LogP contribution < -0.4 is 4.72 Å². The van der Waals surface area contributed by atoms with Gasteiger partial charge in [0.25, 0.3) is 21.8 Å². The van der Waals surface area contributed by atoms with Crippen molar-refractivity contribution in [1.82, 2.24) is 9.80 Å². The SMILES string of the molecule is O=C(c1ccc(Cl)c(S(=O)(=O)Nc2ccccc2C(=O)N2CCc3ccccc3C2)c1)N1CCc2ccccc2C1. The molecule has 0 radical (unpaired) electrons. The van der Waals surface area contributed by atoms with E-state index >= 15 is 0 Å². The van der Waals surface area contributed by atoms with Gasteiger partial charge in [0.2, 0.25) is 0 Å². The maximum atomic E-state index is 13.6. The maximum Gasteiger partial charge on any atom is 0.263 e. The number of carbonyl (C=O) groups excluding carboxylic acids is 2. The Morgan fingerprint density at radius 1 is 0.683 bits per heavy atom. The number of sulfonamides is 1. The summed E-state index contributed by atoms with van der Waals surface area (Å²) >= 11 is 6.36. The third kappa shape index (κ3) is 5.45. The number of rotatable bonds is 5. The fourth-order valence-electron chi connectivity index (χ4n) is 5.49. The van der Waals surface area contributed by atoms with Crippen molar-refractivity contribution < 1.29 is 18.0 Å². The van der Waals surface area contributed by atoms with Crippen LogP contribution in [0.2, 0.25) is 5.02 Å². The Kier molecular flexibility index (Phi) is 7.28. The van der Waals surface area contributed by atoms with Gasteiger partial charge in [-0.3, -0.25) is 14.3 Å². The highest BCUT2D eigenvalue weighted by molar-refractivity contribution is 7.92. The van der Waals surface area contributed by atoms with Gasteiger partial charge in [-0.2, -0.15) is 0 Å². The smallest absolute Gasteiger partial charge is 0.263 e. The van der Waals surface area contributed by atoms with E-state index < -0.39 is 10.0 Å². The molecule has 0 atom stereocenters. The van der Waals surface area contributed by atoms with Gasteiger partial charge in [-0.15, -0.1) is 0 Å². The number of halogens is 1. The van der Waals surface area contributed by atoms with E-state index in [4.69, 9.17) is 11.6 Å². The van der Waals surface area contributed by atoms with Crippen LogP contribution in [0.4, 0.5) is 5.69 Å². The first-order valence-corrected chi connectivity index (χ1v) is 15.3. The van der Waals surface area contributed by atoms with Crippen molar-refractivity contribution in [3.05, 3.63) is 129 Å². The Hall–Kier alpha value is -4.14. The normalized spacial score (nSPS) is 14.7. The minimum atomic E-state index is -4.24. The van der Waals surface area contributed by atoms with Gasteiger partial charge < -0.3 is 9.80 Å². The highest BCUT2D eigenvalue weighted by Gasteiger charge is 2.28. The minimum Gasteiger partial charge on any atom is -0.334 e. The molecule has 2 aliphatic heterocycles. The van der Waals surface area contributed by atoms with Crippen LogP contribution in [0.25, 0.3) is 0 Å². The Morgan fingerprint density at radius 2 is 1.22 bits per heavy atom. The van der Waals surface area contributed by atoms with Crippen LogP contribution in [0.1, 0.15) is 43.0 Å². The van der Waals surface area contributed by atoms with Crippen molar-refractivity contribution in [2.75, 3.05) is 17.8 Å². The third-order valence-electron chi connectivity index (χ3n) is 7.71. The number of hydrogen-bond acceptors (Lipinski definition) is 4. The molecule has 4 aromatic carbocycles. The predicted molar refractivity (Wildman–Crippen MR) is 158 cm³/mol. The summed E-state index contributed by atoms with van der Waals surface area (Å²) in [5.74, 6) is -0.535. The van der Waals surface area contributed by atoms with Crippen molar-refractivity contribution in [2.24, 2.45) is 0 Å². The lowest BCUT2D eigenvalue weighted by Crippen LogP contribution is -2.36. The second-order valence-electron chi connectivity index (χ2n) is 10.3. The molecule has 0 aliphatic carbocycles. The maximum absolute atomic E-state index is 13.6. The Labute approximate surface area is 244 Å². The van der Waals surface area contributed by atoms with Gasteiger partial charge in [-0.25, -0.2) is 8.42 Å². The van der Waals surface area contributed by atoms with E-state index in [0.29, 0.717) is 26.2 Å². The van der Waals surface area contributed by atoms with Crippen LogP contribution in [0.15, 0.2) is 95.9 Å². The number of para-hydroxylation sites is 1. The molecule has 0 saturated carbocycles. The quantitative estimate of drug-likeness (QED) is 0.333. The lowest BCUT2D eigenvalue weighted by molar-refractivity contribution is 0.0728. The van der Waals surface area contributed by atoms with E-state index in [1.807, 2.05) is 36.4 Å². The monoisotopic (exact) mass is 585 g/mol. The summed E-state index contributed by atoms with van der Waals surface area (Å²) in [5.41, 5.74) is 5.20. The summed E-state index contributed by atoms with van der Waals surface area (Å²) in [4.78, 5) is 30.1. The van der Waals surface area contributed by atoms with Crippen LogP contribution in [0.5, 0.6) is 0 Å². The predicted octanol–water partition coefficient (Wildman–Crippen LogP) is 5.54. The molecule has 0 bridgehead atoms. The summed E-state index contributed by atoms with van der Waals surface area (Å²) in [6.07, 6.45) is 1.46. The first kappa shape index (κ1) is 27.1. The molecular formula is C32H28ClN3O4S. The fourth-order valence-corrected chi connectivity index (χ4v) is 7.10. The number of anilines is 1. The molecule has 0 fully saturated rings. The van der Waals surface area contributed by atoms with Crippen molar-refractivity contribution in [1.29, 1.82) is 0 Å². The molecule has 0 saturated heterocycles. The fraction of sp³-hybridized carbons (Fsp3) is 0.188. The van der Waals surface area contributed by atoms with Gasteiger partial charge in [0.1, 0.15) is 4.90 Å². The molecule has 2 heterocycles. The molecule has 41 heavy (non-hydrogen) atoms. The number of carbonyl (C=O) groups is 2. The lowest BCUT2D eigenvalue weighted by Gasteiger charge is -2.29. The second-order valence-corrected chi connectivity index (χ2v) is 12.3. The van der Waals surface area contributed by atoms with Crippen molar-refractivity contribution in [3.8, 4) is 0 Å². The average Bonchev–Trinajstić information content (AvgIpc) is 3.00. The Morgan fingerprint density at radius 3 is 1.85 bits per heavy atom. The highest BCUT2D eigenvalue weighted by Crippen LogP contribution is 2.29. The van der Waals surface area contributed by atoms with Crippen molar-refractivity contribution >= 4 is 39.1 Å². The van der Waals surface area contributed by atoms with Gasteiger partial charge >= 0.3 is 0 Å². The summed E-state index contributed by atoms with van der Waals surface area (Å²) in [5, 5.41) is -0.0190. The zero-order chi connectivity index (χ0) is 28.6. The number of nitrogens with one attached hydrogen (secondary N) is 1. The third-order valence-corrected chi connectivity index (χ3v) is 9.55. The molecule has 208 valence electrons. The molecule has 2 amide bonds. The molecule has 0 aromatic heterocycles. The standard InChI is InChI=1S/C32H28ClN3O4S/c33-28-14-13-24(31(37)35-17-15-22-7-1-3-9-25(22)20-35)19-30(28)41(39,40)34-29-12-6-5-11-27(29)32(38)36-18-16-23-8-2-4-10-26(23)21-36/h1-14,19,34H,15-18,20-21H2. The first-order valence-electron chi connectivity index (χ1n) is 13.4. The van der Waals surface area contributed by atoms with Crippen molar-refractivity contribution in [3.63, 3.8) is 0 Å². The number of amides is 2. The minimum absolute atomic E-state index is 0.0190. The van der Waals surface area contributed by atoms with E-state index in [9.17, 15) is 18.0 Å². The summed E-state index contributed by atoms with van der Waals surface area (Å²) in [6, 6.07) is 26.8. The number of benzene rings is 4. The highest BCUT2D eigenvalue weighted by atomic mass is 35.5. The Bertz CT molecular complexity index is 1770. The van der Waals surface area contributed by atoms with E-state index in [2.05, 4.69) is 16.9 Å². The van der Waals surface area contributed by atoms with Crippen LogP contribution in [0.3, 0.4) is 0 Å². The lowest BCUT2D eigenvalue weighted by atomic mass is 9.99. The number of fused-ring (bicyclic) bond motifs is 2. The summed E-state index contributed by atoms with van der Waals surface area (Å²) in [7, 11) is -4.24.